The van der Waals surface area contributed by atoms with E-state index in [-0.39, 0.29) is 0 Å². The van der Waals surface area contributed by atoms with Gasteiger partial charge in [0.25, 0.3) is 0 Å². The van der Waals surface area contributed by atoms with E-state index in [4.69, 9.17) is 9.97 Å². The molecule has 1 aromatic heterocycles. The molecule has 3 nitrogen and oxygen atoms in total. The molecule has 1 aliphatic carbocycles. The van der Waals surface area contributed by atoms with Gasteiger partial charge in [0.2, 0.25) is 0 Å². The van der Waals surface area contributed by atoms with Crippen molar-refractivity contribution < 1.29 is 0 Å². The first kappa shape index (κ1) is 15.3. The molecule has 0 amide bonds. The van der Waals surface area contributed by atoms with Crippen LogP contribution in [0.4, 0.5) is 5.82 Å². The summed E-state index contributed by atoms with van der Waals surface area (Å²) < 4.78 is 0. The molecular formula is C17H29N3. The second-order valence-corrected chi connectivity index (χ2v) is 6.40. The average Bonchev–Trinajstić information content (AvgIpc) is 2.93. The van der Waals surface area contributed by atoms with E-state index in [0.29, 0.717) is 11.8 Å². The van der Waals surface area contributed by atoms with E-state index >= 15 is 0 Å². The van der Waals surface area contributed by atoms with E-state index < -0.39 is 0 Å². The first-order chi connectivity index (χ1) is 9.63. The van der Waals surface area contributed by atoms with Gasteiger partial charge in [0, 0.05) is 24.2 Å². The highest BCUT2D eigenvalue weighted by Crippen LogP contribution is 2.38. The van der Waals surface area contributed by atoms with Crippen molar-refractivity contribution in [3.8, 4) is 0 Å². The lowest BCUT2D eigenvalue weighted by Crippen LogP contribution is -2.10. The van der Waals surface area contributed by atoms with Gasteiger partial charge in [0.05, 0.1) is 0 Å². The smallest absolute Gasteiger partial charge is 0.134 e. The number of nitrogens with zero attached hydrogens (tertiary/aromatic N) is 2. The third-order valence-corrected chi connectivity index (χ3v) is 4.39. The fourth-order valence-electron chi connectivity index (χ4n) is 2.99. The maximum Gasteiger partial charge on any atom is 0.134 e. The summed E-state index contributed by atoms with van der Waals surface area (Å²) in [6.45, 7) is 9.88. The Morgan fingerprint density at radius 3 is 2.65 bits per heavy atom. The summed E-state index contributed by atoms with van der Waals surface area (Å²) in [5.41, 5.74) is 1.17. The molecular weight excluding hydrogens is 246 g/mol. The molecule has 3 heteroatoms. The molecule has 1 saturated carbocycles. The van der Waals surface area contributed by atoms with Crippen LogP contribution in [0.25, 0.3) is 0 Å². The van der Waals surface area contributed by atoms with Crippen LogP contribution in [-0.4, -0.2) is 16.5 Å². The molecule has 1 aromatic rings. The van der Waals surface area contributed by atoms with Crippen LogP contribution >= 0.6 is 0 Å². The van der Waals surface area contributed by atoms with Gasteiger partial charge >= 0.3 is 0 Å². The third-order valence-electron chi connectivity index (χ3n) is 4.39. The van der Waals surface area contributed by atoms with Crippen LogP contribution in [0.15, 0.2) is 6.07 Å². The molecule has 1 aliphatic rings. The summed E-state index contributed by atoms with van der Waals surface area (Å²) in [4.78, 5) is 9.62. The van der Waals surface area contributed by atoms with Gasteiger partial charge in [-0.05, 0) is 37.5 Å². The van der Waals surface area contributed by atoms with Gasteiger partial charge in [0.1, 0.15) is 11.6 Å². The second-order valence-electron chi connectivity index (χ2n) is 6.40. The Labute approximate surface area is 123 Å². The molecule has 0 aliphatic heterocycles. The van der Waals surface area contributed by atoms with E-state index in [0.717, 1.165) is 30.5 Å². The quantitative estimate of drug-likeness (QED) is 0.816. The zero-order chi connectivity index (χ0) is 14.5. The van der Waals surface area contributed by atoms with Crippen LogP contribution in [0.5, 0.6) is 0 Å². The number of hydrogen-bond acceptors (Lipinski definition) is 3. The molecule has 1 fully saturated rings. The average molecular weight is 275 g/mol. The van der Waals surface area contributed by atoms with E-state index in [1.807, 2.05) is 0 Å². The van der Waals surface area contributed by atoms with Crippen LogP contribution in [0.1, 0.15) is 83.2 Å². The minimum Gasteiger partial charge on any atom is -0.370 e. The number of hydrogen-bond donors (Lipinski definition) is 1. The van der Waals surface area contributed by atoms with Gasteiger partial charge in [-0.3, -0.25) is 0 Å². The number of aromatic nitrogens is 2. The van der Waals surface area contributed by atoms with Crippen molar-refractivity contribution in [2.75, 3.05) is 11.9 Å². The van der Waals surface area contributed by atoms with Crippen LogP contribution in [0.2, 0.25) is 0 Å². The monoisotopic (exact) mass is 275 g/mol. The molecule has 0 bridgehead atoms. The molecule has 0 aromatic carbocycles. The standard InChI is InChI=1S/C17H29N3/c1-5-9-18-16-11-15(12(3)4)19-17(20-16)14-8-7-13(6-2)10-14/h11-14H,5-10H2,1-4H3,(H,18,19,20). The lowest BCUT2D eigenvalue weighted by atomic mass is 10.0. The SMILES string of the molecule is CCCNc1cc(C(C)C)nc(C2CCC(CC)C2)n1. The summed E-state index contributed by atoms with van der Waals surface area (Å²) in [5, 5.41) is 3.43. The molecule has 20 heavy (non-hydrogen) atoms. The Morgan fingerprint density at radius 2 is 2.05 bits per heavy atom. The van der Waals surface area contributed by atoms with Crippen molar-refractivity contribution in [1.82, 2.24) is 9.97 Å². The Kier molecular flexibility index (Phi) is 5.38. The van der Waals surface area contributed by atoms with Crippen LogP contribution in [-0.2, 0) is 0 Å². The number of rotatable bonds is 6. The lowest BCUT2D eigenvalue weighted by Gasteiger charge is -2.15. The van der Waals surface area contributed by atoms with Crippen molar-refractivity contribution in [2.24, 2.45) is 5.92 Å². The van der Waals surface area contributed by atoms with Crippen molar-refractivity contribution in [2.45, 2.75) is 71.6 Å². The zero-order valence-corrected chi connectivity index (χ0v) is 13.4. The number of nitrogens with one attached hydrogen (secondary N) is 1. The van der Waals surface area contributed by atoms with Gasteiger partial charge in [-0.2, -0.15) is 0 Å². The molecule has 1 N–H and O–H groups in total. The van der Waals surface area contributed by atoms with E-state index in [2.05, 4.69) is 39.1 Å². The molecule has 0 spiro atoms. The second kappa shape index (κ2) is 7.05. The fraction of sp³-hybridized carbons (Fsp3) is 0.765. The zero-order valence-electron chi connectivity index (χ0n) is 13.4. The normalized spacial score (nSPS) is 22.4. The largest absolute Gasteiger partial charge is 0.370 e. The summed E-state index contributed by atoms with van der Waals surface area (Å²) in [5.74, 6) is 3.99. The van der Waals surface area contributed by atoms with Gasteiger partial charge in [0.15, 0.2) is 0 Å². The maximum atomic E-state index is 4.84. The minimum absolute atomic E-state index is 0.460. The third kappa shape index (κ3) is 3.71. The van der Waals surface area contributed by atoms with Crippen molar-refractivity contribution >= 4 is 5.82 Å². The van der Waals surface area contributed by atoms with Crippen LogP contribution < -0.4 is 5.32 Å². The Bertz CT molecular complexity index is 428. The van der Waals surface area contributed by atoms with Crippen LogP contribution in [0.3, 0.4) is 0 Å². The van der Waals surface area contributed by atoms with Gasteiger partial charge in [-0.15, -0.1) is 0 Å². The predicted molar refractivity (Wildman–Crippen MR) is 85.3 cm³/mol. The van der Waals surface area contributed by atoms with Gasteiger partial charge in [-0.25, -0.2) is 9.97 Å². The number of anilines is 1. The van der Waals surface area contributed by atoms with Crippen LogP contribution in [0, 0.1) is 5.92 Å². The first-order valence-electron chi connectivity index (χ1n) is 8.26. The topological polar surface area (TPSA) is 37.8 Å². The Morgan fingerprint density at radius 1 is 1.25 bits per heavy atom. The molecule has 2 unspecified atom stereocenters. The fourth-order valence-corrected chi connectivity index (χ4v) is 2.99. The van der Waals surface area contributed by atoms with Gasteiger partial charge in [-0.1, -0.05) is 34.1 Å². The van der Waals surface area contributed by atoms with Crippen molar-refractivity contribution in [3.63, 3.8) is 0 Å². The van der Waals surface area contributed by atoms with Gasteiger partial charge < -0.3 is 5.32 Å². The molecule has 112 valence electrons. The Hall–Kier alpha value is -1.12. The highest BCUT2D eigenvalue weighted by molar-refractivity contribution is 5.37. The van der Waals surface area contributed by atoms with E-state index in [9.17, 15) is 0 Å². The summed E-state index contributed by atoms with van der Waals surface area (Å²) in [6, 6.07) is 2.12. The molecule has 1 heterocycles. The predicted octanol–water partition coefficient (Wildman–Crippen LogP) is 4.72. The van der Waals surface area contributed by atoms with Crippen molar-refractivity contribution in [3.05, 3.63) is 17.6 Å². The van der Waals surface area contributed by atoms with E-state index in [1.54, 1.807) is 0 Å². The van der Waals surface area contributed by atoms with Crippen molar-refractivity contribution in [1.29, 1.82) is 0 Å². The summed E-state index contributed by atoms with van der Waals surface area (Å²) in [6.07, 6.45) is 6.28. The molecule has 2 rings (SSSR count). The lowest BCUT2D eigenvalue weighted by molar-refractivity contribution is 0.516. The highest BCUT2D eigenvalue weighted by Gasteiger charge is 2.27. The summed E-state index contributed by atoms with van der Waals surface area (Å²) in [7, 11) is 0. The van der Waals surface area contributed by atoms with E-state index in [1.165, 1.54) is 31.4 Å². The molecule has 0 radical (unpaired) electrons. The highest BCUT2D eigenvalue weighted by atomic mass is 15.0. The first-order valence-corrected chi connectivity index (χ1v) is 8.26. The Balaban J connectivity index is 2.20. The summed E-state index contributed by atoms with van der Waals surface area (Å²) >= 11 is 0. The molecule has 0 saturated heterocycles. The maximum absolute atomic E-state index is 4.84. The molecule has 2 atom stereocenters. The minimum atomic E-state index is 0.460.